The zero-order valence-corrected chi connectivity index (χ0v) is 13.3. The van der Waals surface area contributed by atoms with Crippen LogP contribution in [-0.2, 0) is 11.3 Å². The Bertz CT molecular complexity index is 417. The molecule has 0 radical (unpaired) electrons. The Labute approximate surface area is 120 Å². The van der Waals surface area contributed by atoms with Gasteiger partial charge in [-0.2, -0.15) is 0 Å². The quantitative estimate of drug-likeness (QED) is 0.843. The van der Waals surface area contributed by atoms with Crippen LogP contribution in [0.3, 0.4) is 0 Å². The lowest BCUT2D eigenvalue weighted by molar-refractivity contribution is 0.0643. The van der Waals surface area contributed by atoms with Crippen LogP contribution in [0.25, 0.3) is 0 Å². The molecule has 1 aliphatic heterocycles. The molecule has 1 aromatic heterocycles. The second-order valence-electron chi connectivity index (χ2n) is 5.70. The first-order valence-corrected chi connectivity index (χ1v) is 7.88. The predicted molar refractivity (Wildman–Crippen MR) is 81.1 cm³/mol. The highest BCUT2D eigenvalue weighted by Gasteiger charge is 2.32. The number of nitrogens with zero attached hydrogens (tertiary/aromatic N) is 2. The molecule has 19 heavy (non-hydrogen) atoms. The minimum absolute atomic E-state index is 0.0384. The van der Waals surface area contributed by atoms with Crippen molar-refractivity contribution in [1.82, 2.24) is 10.3 Å². The van der Waals surface area contributed by atoms with E-state index in [9.17, 15) is 0 Å². The minimum atomic E-state index is 0.0384. The van der Waals surface area contributed by atoms with Crippen molar-refractivity contribution in [2.45, 2.75) is 46.2 Å². The van der Waals surface area contributed by atoms with Crippen molar-refractivity contribution in [2.24, 2.45) is 0 Å². The summed E-state index contributed by atoms with van der Waals surface area (Å²) in [5.41, 5.74) is 1.20. The third-order valence-electron chi connectivity index (χ3n) is 3.47. The van der Waals surface area contributed by atoms with Gasteiger partial charge in [-0.15, -0.1) is 11.3 Å². The number of hydrogen-bond acceptors (Lipinski definition) is 5. The fourth-order valence-corrected chi connectivity index (χ4v) is 3.50. The van der Waals surface area contributed by atoms with Crippen molar-refractivity contribution in [2.75, 3.05) is 31.2 Å². The van der Waals surface area contributed by atoms with E-state index >= 15 is 0 Å². The van der Waals surface area contributed by atoms with Gasteiger partial charge in [0.05, 0.1) is 24.4 Å². The molecule has 1 aliphatic rings. The molecule has 0 unspecified atom stereocenters. The molecule has 0 aliphatic carbocycles. The normalized spacial score (nSPS) is 18.8. The van der Waals surface area contributed by atoms with Crippen molar-refractivity contribution in [3.63, 3.8) is 0 Å². The molecule has 0 bridgehead atoms. The van der Waals surface area contributed by atoms with E-state index < -0.39 is 0 Å². The number of aromatic nitrogens is 1. The zero-order chi connectivity index (χ0) is 13.9. The van der Waals surface area contributed by atoms with Crippen molar-refractivity contribution in [3.05, 3.63) is 10.6 Å². The fraction of sp³-hybridized carbons (Fsp3) is 0.786. The van der Waals surface area contributed by atoms with Crippen LogP contribution >= 0.6 is 11.3 Å². The molecule has 2 heterocycles. The van der Waals surface area contributed by atoms with Gasteiger partial charge in [-0.1, -0.05) is 6.92 Å². The minimum Gasteiger partial charge on any atom is -0.377 e. The number of ether oxygens (including phenoxy) is 1. The number of nitrogens with one attached hydrogen (secondary N) is 1. The second kappa shape index (κ2) is 6.20. The maximum atomic E-state index is 5.58. The van der Waals surface area contributed by atoms with E-state index in [1.54, 1.807) is 0 Å². The fourth-order valence-electron chi connectivity index (χ4n) is 2.28. The van der Waals surface area contributed by atoms with E-state index in [0.29, 0.717) is 0 Å². The van der Waals surface area contributed by atoms with Crippen LogP contribution in [0.4, 0.5) is 5.13 Å². The third kappa shape index (κ3) is 3.46. The molecular formula is C14H25N3OS. The molecule has 1 N–H and O–H groups in total. The first kappa shape index (κ1) is 14.8. The van der Waals surface area contributed by atoms with Gasteiger partial charge in [-0.05, 0) is 33.7 Å². The average Bonchev–Trinajstić information content (AvgIpc) is 2.70. The van der Waals surface area contributed by atoms with Crippen LogP contribution in [0, 0.1) is 6.92 Å². The largest absolute Gasteiger partial charge is 0.377 e. The number of anilines is 1. The van der Waals surface area contributed by atoms with Gasteiger partial charge in [0, 0.05) is 18.0 Å². The molecule has 1 fully saturated rings. The summed E-state index contributed by atoms with van der Waals surface area (Å²) in [6.07, 6.45) is 1.17. The molecule has 5 heteroatoms. The molecule has 1 saturated heterocycles. The van der Waals surface area contributed by atoms with Crippen molar-refractivity contribution >= 4 is 16.5 Å². The summed E-state index contributed by atoms with van der Waals surface area (Å²) in [5, 5.41) is 4.59. The number of morpholine rings is 1. The van der Waals surface area contributed by atoms with Crippen molar-refractivity contribution in [3.8, 4) is 0 Å². The number of hydrogen-bond donors (Lipinski definition) is 1. The predicted octanol–water partition coefficient (Wildman–Crippen LogP) is 2.57. The van der Waals surface area contributed by atoms with E-state index in [4.69, 9.17) is 9.72 Å². The molecule has 0 aromatic carbocycles. The monoisotopic (exact) mass is 283 g/mol. The standard InChI is InChI=1S/C14H25N3OS/c1-5-6-15-9-12-11(2)16-13(19-12)17-7-8-18-10-14(17,3)4/h15H,5-10H2,1-4H3. The summed E-state index contributed by atoms with van der Waals surface area (Å²) in [5.74, 6) is 0. The molecule has 4 nitrogen and oxygen atoms in total. The van der Waals surface area contributed by atoms with Crippen LogP contribution in [0.2, 0.25) is 0 Å². The zero-order valence-electron chi connectivity index (χ0n) is 12.5. The van der Waals surface area contributed by atoms with Gasteiger partial charge in [-0.3, -0.25) is 0 Å². The van der Waals surface area contributed by atoms with Crippen LogP contribution in [0.5, 0.6) is 0 Å². The lowest BCUT2D eigenvalue weighted by Gasteiger charge is -2.42. The number of thiazole rings is 1. The Morgan fingerprint density at radius 3 is 2.95 bits per heavy atom. The Morgan fingerprint density at radius 2 is 2.26 bits per heavy atom. The maximum absolute atomic E-state index is 5.58. The Morgan fingerprint density at radius 1 is 1.47 bits per heavy atom. The lowest BCUT2D eigenvalue weighted by Crippen LogP contribution is -2.53. The highest BCUT2D eigenvalue weighted by Crippen LogP contribution is 2.32. The van der Waals surface area contributed by atoms with Crippen LogP contribution in [0.1, 0.15) is 37.8 Å². The first-order valence-electron chi connectivity index (χ1n) is 7.07. The lowest BCUT2D eigenvalue weighted by atomic mass is 10.0. The van der Waals surface area contributed by atoms with E-state index in [0.717, 1.165) is 43.7 Å². The van der Waals surface area contributed by atoms with Gasteiger partial charge < -0.3 is 15.0 Å². The summed E-state index contributed by atoms with van der Waals surface area (Å²) in [7, 11) is 0. The second-order valence-corrected chi connectivity index (χ2v) is 6.76. The summed E-state index contributed by atoms with van der Waals surface area (Å²) >= 11 is 1.82. The van der Waals surface area contributed by atoms with Crippen LogP contribution in [-0.4, -0.2) is 36.8 Å². The molecule has 0 amide bonds. The Balaban J connectivity index is 2.10. The summed E-state index contributed by atoms with van der Waals surface area (Å²) in [6, 6.07) is 0. The number of aryl methyl sites for hydroxylation is 1. The molecule has 0 saturated carbocycles. The molecule has 2 rings (SSSR count). The van der Waals surface area contributed by atoms with E-state index in [-0.39, 0.29) is 5.54 Å². The first-order chi connectivity index (χ1) is 9.04. The number of rotatable bonds is 5. The van der Waals surface area contributed by atoms with Crippen LogP contribution < -0.4 is 10.2 Å². The topological polar surface area (TPSA) is 37.4 Å². The summed E-state index contributed by atoms with van der Waals surface area (Å²) in [4.78, 5) is 8.50. The third-order valence-corrected chi connectivity index (χ3v) is 4.65. The van der Waals surface area contributed by atoms with E-state index in [2.05, 4.69) is 37.9 Å². The van der Waals surface area contributed by atoms with Gasteiger partial charge in [0.1, 0.15) is 0 Å². The Kier molecular flexibility index (Phi) is 4.81. The molecular weight excluding hydrogens is 258 g/mol. The van der Waals surface area contributed by atoms with Gasteiger partial charge in [0.15, 0.2) is 5.13 Å². The summed E-state index contributed by atoms with van der Waals surface area (Å²) < 4.78 is 5.58. The van der Waals surface area contributed by atoms with E-state index in [1.165, 1.54) is 11.3 Å². The molecule has 108 valence electrons. The average molecular weight is 283 g/mol. The van der Waals surface area contributed by atoms with Crippen LogP contribution in [0.15, 0.2) is 0 Å². The smallest absolute Gasteiger partial charge is 0.186 e. The SMILES string of the molecule is CCCNCc1sc(N2CCOCC2(C)C)nc1C. The van der Waals surface area contributed by atoms with Crippen molar-refractivity contribution < 1.29 is 4.74 Å². The highest BCUT2D eigenvalue weighted by molar-refractivity contribution is 7.15. The maximum Gasteiger partial charge on any atom is 0.186 e. The molecule has 0 atom stereocenters. The molecule has 0 spiro atoms. The Hall–Kier alpha value is -0.650. The van der Waals surface area contributed by atoms with E-state index in [1.807, 2.05) is 11.3 Å². The van der Waals surface area contributed by atoms with Gasteiger partial charge >= 0.3 is 0 Å². The van der Waals surface area contributed by atoms with Crippen molar-refractivity contribution in [1.29, 1.82) is 0 Å². The van der Waals surface area contributed by atoms with Gasteiger partial charge in [0.25, 0.3) is 0 Å². The summed E-state index contributed by atoms with van der Waals surface area (Å²) in [6.45, 7) is 13.2. The highest BCUT2D eigenvalue weighted by atomic mass is 32.1. The van der Waals surface area contributed by atoms with Gasteiger partial charge in [0.2, 0.25) is 0 Å². The van der Waals surface area contributed by atoms with Gasteiger partial charge in [-0.25, -0.2) is 4.98 Å². The molecule has 1 aromatic rings.